The fourth-order valence-electron chi connectivity index (χ4n) is 6.22. The number of nitrogens with zero attached hydrogens (tertiary/aromatic N) is 7. The van der Waals surface area contributed by atoms with E-state index in [1.807, 2.05) is 6.92 Å². The molecule has 312 valence electrons. The number of rotatable bonds is 19. The summed E-state index contributed by atoms with van der Waals surface area (Å²) in [6, 6.07) is 7.70. The van der Waals surface area contributed by atoms with Crippen molar-refractivity contribution in [2.75, 3.05) is 44.6 Å². The van der Waals surface area contributed by atoms with Crippen molar-refractivity contribution in [1.29, 1.82) is 0 Å². The number of ether oxygens (including phenoxy) is 3. The van der Waals surface area contributed by atoms with Crippen molar-refractivity contribution in [3.8, 4) is 11.5 Å². The number of benzene rings is 2. The Labute approximate surface area is 339 Å². The molecule has 0 aliphatic heterocycles. The maximum absolute atomic E-state index is 13.7. The largest absolute Gasteiger partial charge is 0.494 e. The summed E-state index contributed by atoms with van der Waals surface area (Å²) < 4.78 is 22.0. The van der Waals surface area contributed by atoms with Gasteiger partial charge in [-0.1, -0.05) is 12.2 Å². The summed E-state index contributed by atoms with van der Waals surface area (Å²) in [5.41, 5.74) is 26.4. The predicted molar refractivity (Wildman–Crippen MR) is 222 cm³/mol. The van der Waals surface area contributed by atoms with Crippen molar-refractivity contribution < 1.29 is 33.4 Å². The maximum Gasteiger partial charge on any atom is 0.278 e. The molecule has 3 heterocycles. The molecule has 0 fully saturated rings. The number of amides is 4. The highest BCUT2D eigenvalue weighted by Gasteiger charge is 2.24. The van der Waals surface area contributed by atoms with Gasteiger partial charge in [0.05, 0.1) is 36.1 Å². The zero-order chi connectivity index (χ0) is 43.0. The summed E-state index contributed by atoms with van der Waals surface area (Å²) in [6.45, 7) is 8.58. The minimum atomic E-state index is -0.703. The highest BCUT2D eigenvalue weighted by molar-refractivity contribution is 6.48. The van der Waals surface area contributed by atoms with Crippen molar-refractivity contribution in [3.05, 3.63) is 76.4 Å². The van der Waals surface area contributed by atoms with Crippen LogP contribution in [0.2, 0.25) is 0 Å². The molecule has 0 radical (unpaired) electrons. The van der Waals surface area contributed by atoms with Crippen LogP contribution in [0.25, 0.3) is 22.1 Å². The third kappa shape index (κ3) is 9.50. The smallest absolute Gasteiger partial charge is 0.278 e. The predicted octanol–water partition coefficient (Wildman–Crippen LogP) is 2.59. The first-order valence-corrected chi connectivity index (χ1v) is 18.6. The number of nitrogens with one attached hydrogen (secondary N) is 2. The first-order valence-electron chi connectivity index (χ1n) is 18.6. The first-order chi connectivity index (χ1) is 28.2. The number of hydrogen-bond acceptors (Lipinski definition) is 13. The van der Waals surface area contributed by atoms with Gasteiger partial charge in [0.2, 0.25) is 23.7 Å². The maximum atomic E-state index is 13.7. The molecule has 5 rings (SSSR count). The first kappa shape index (κ1) is 42.9. The zero-order valence-corrected chi connectivity index (χ0v) is 33.8. The molecule has 59 heavy (non-hydrogen) atoms. The molecule has 20 heteroatoms. The molecule has 0 aliphatic rings. The standard InChI is InChI=1S/C39H49N13O7/c1-7-44-31(30(41)22(4)40)37(56)48-39-46-26-18-24(35(43)54)20-29(59-15-11-14-57-5)33(26)51(39)13-10-9-12-50-32-25(17-23(34(42)53)19-28(32)58-6)45-38(50)47-36(55)27-16-21(3)49-52(27)8-2/h9-10,16-20H,7-8,11-15,40-41H2,1-6H3,(H2,42,53)(H2,43,54)(H,45,47,55)(H,46,48,56)/b10-9+,30-22+,44-31?. The minimum absolute atomic E-state index is 0.00760. The minimum Gasteiger partial charge on any atom is -0.494 e. The lowest BCUT2D eigenvalue weighted by atomic mass is 10.1. The summed E-state index contributed by atoms with van der Waals surface area (Å²) in [5, 5.41) is 10.1. The average Bonchev–Trinajstić information content (AvgIpc) is 3.87. The van der Waals surface area contributed by atoms with Gasteiger partial charge < -0.3 is 46.3 Å². The number of allylic oxidation sites excluding steroid dienone is 3. The Morgan fingerprint density at radius 1 is 0.814 bits per heavy atom. The highest BCUT2D eigenvalue weighted by Crippen LogP contribution is 2.33. The number of carbonyl (C=O) groups is 4. The Kier molecular flexibility index (Phi) is 13.7. The molecule has 5 aromatic rings. The van der Waals surface area contributed by atoms with Gasteiger partial charge >= 0.3 is 0 Å². The van der Waals surface area contributed by atoms with Gasteiger partial charge in [0.15, 0.2) is 0 Å². The van der Waals surface area contributed by atoms with E-state index in [0.717, 1.165) is 0 Å². The van der Waals surface area contributed by atoms with Crippen molar-refractivity contribution in [2.45, 2.75) is 53.8 Å². The Balaban J connectivity index is 1.60. The monoisotopic (exact) mass is 811 g/mol. The van der Waals surface area contributed by atoms with E-state index < -0.39 is 23.6 Å². The molecule has 0 atom stereocenters. The van der Waals surface area contributed by atoms with Crippen LogP contribution in [0.5, 0.6) is 11.5 Å². The van der Waals surface area contributed by atoms with Crippen molar-refractivity contribution in [2.24, 2.45) is 27.9 Å². The van der Waals surface area contributed by atoms with Crippen molar-refractivity contribution in [1.82, 2.24) is 28.9 Å². The number of nitrogens with two attached hydrogens (primary N) is 4. The van der Waals surface area contributed by atoms with E-state index >= 15 is 0 Å². The molecule has 20 nitrogen and oxygen atoms in total. The third-order valence-electron chi connectivity index (χ3n) is 8.99. The SMILES string of the molecule is CCN=C(C(=O)Nc1nc2cc(C(N)=O)cc(OCCCOC)c2n1C/C=C/Cn1c(NC(=O)c2cc(C)nn2CC)nc2cc(C(N)=O)cc(OC)c21)/C(N)=C(/C)N. The number of aliphatic imine (C=N–C) groups is 1. The molecule has 10 N–H and O–H groups in total. The second-order valence-electron chi connectivity index (χ2n) is 13.2. The van der Waals surface area contributed by atoms with E-state index in [9.17, 15) is 19.2 Å². The number of imidazole rings is 2. The summed E-state index contributed by atoms with van der Waals surface area (Å²) in [4.78, 5) is 65.5. The van der Waals surface area contributed by atoms with Crippen LogP contribution in [0, 0.1) is 6.92 Å². The molecule has 4 amide bonds. The van der Waals surface area contributed by atoms with Crippen LogP contribution in [0.1, 0.15) is 64.1 Å². The Morgan fingerprint density at radius 2 is 1.39 bits per heavy atom. The fraction of sp³-hybridized carbons (Fsp3) is 0.333. The van der Waals surface area contributed by atoms with Crippen LogP contribution >= 0.6 is 0 Å². The molecule has 0 unspecified atom stereocenters. The van der Waals surface area contributed by atoms with Crippen LogP contribution in [-0.2, 0) is 29.2 Å². The lowest BCUT2D eigenvalue weighted by molar-refractivity contribution is -0.110. The molecule has 0 saturated carbocycles. The van der Waals surface area contributed by atoms with Gasteiger partial charge in [-0.15, -0.1) is 0 Å². The van der Waals surface area contributed by atoms with Crippen LogP contribution in [0.3, 0.4) is 0 Å². The van der Waals surface area contributed by atoms with Gasteiger partial charge in [-0.2, -0.15) is 5.10 Å². The van der Waals surface area contributed by atoms with E-state index in [1.165, 1.54) is 31.4 Å². The van der Waals surface area contributed by atoms with Crippen LogP contribution in [0.15, 0.2) is 58.9 Å². The van der Waals surface area contributed by atoms with Gasteiger partial charge in [0.25, 0.3) is 11.8 Å². The quantitative estimate of drug-likeness (QED) is 0.0399. The number of fused-ring (bicyclic) bond motifs is 2. The molecule has 0 bridgehead atoms. The Hall–Kier alpha value is -7.22. The Morgan fingerprint density at radius 3 is 1.92 bits per heavy atom. The molecular weight excluding hydrogens is 763 g/mol. The topological polar surface area (TPSA) is 290 Å². The number of aromatic nitrogens is 6. The highest BCUT2D eigenvalue weighted by atomic mass is 16.5. The second kappa shape index (κ2) is 18.8. The van der Waals surface area contributed by atoms with E-state index in [1.54, 1.807) is 59.9 Å². The number of primary amides is 2. The number of carbonyl (C=O) groups excluding carboxylic acids is 4. The molecule has 0 saturated heterocycles. The summed E-state index contributed by atoms with van der Waals surface area (Å²) in [6.07, 6.45) is 4.14. The van der Waals surface area contributed by atoms with Crippen LogP contribution < -0.4 is 43.0 Å². The van der Waals surface area contributed by atoms with Gasteiger partial charge in [0, 0.05) is 63.1 Å². The lowest BCUT2D eigenvalue weighted by Crippen LogP contribution is -2.31. The van der Waals surface area contributed by atoms with Gasteiger partial charge in [-0.25, -0.2) is 9.97 Å². The molecular formula is C39H49N13O7. The normalized spacial score (nSPS) is 12.3. The van der Waals surface area contributed by atoms with E-state index in [4.69, 9.17) is 37.1 Å². The van der Waals surface area contributed by atoms with Gasteiger partial charge in [-0.3, -0.25) is 39.5 Å². The molecule has 2 aromatic carbocycles. The summed E-state index contributed by atoms with van der Waals surface area (Å²) in [5.74, 6) is -1.69. The summed E-state index contributed by atoms with van der Waals surface area (Å²) in [7, 11) is 3.02. The molecule has 0 aliphatic carbocycles. The number of hydrogen-bond donors (Lipinski definition) is 6. The zero-order valence-electron chi connectivity index (χ0n) is 33.8. The lowest BCUT2D eigenvalue weighted by Gasteiger charge is -2.14. The molecule has 0 spiro atoms. The van der Waals surface area contributed by atoms with Gasteiger partial charge in [0.1, 0.15) is 33.9 Å². The van der Waals surface area contributed by atoms with E-state index in [-0.39, 0.29) is 72.1 Å². The van der Waals surface area contributed by atoms with E-state index in [0.29, 0.717) is 58.8 Å². The molecule has 3 aromatic heterocycles. The second-order valence-corrected chi connectivity index (χ2v) is 13.2. The van der Waals surface area contributed by atoms with Crippen LogP contribution in [0.4, 0.5) is 11.9 Å². The van der Waals surface area contributed by atoms with Gasteiger partial charge in [-0.05, 0) is 58.0 Å². The average molecular weight is 812 g/mol. The third-order valence-corrected chi connectivity index (χ3v) is 8.99. The van der Waals surface area contributed by atoms with E-state index in [2.05, 4.69) is 30.7 Å². The van der Waals surface area contributed by atoms with Crippen LogP contribution in [-0.4, -0.2) is 92.2 Å². The summed E-state index contributed by atoms with van der Waals surface area (Å²) >= 11 is 0. The number of aryl methyl sites for hydroxylation is 2. The fourth-order valence-corrected chi connectivity index (χ4v) is 6.22. The van der Waals surface area contributed by atoms with Crippen molar-refractivity contribution >= 4 is 63.3 Å². The van der Waals surface area contributed by atoms with Crippen molar-refractivity contribution in [3.63, 3.8) is 0 Å². The number of anilines is 2. The number of methoxy groups -OCH3 is 2. The Bertz CT molecular complexity index is 2500.